The number of hydrogen-bond donors (Lipinski definition) is 0. The lowest BCUT2D eigenvalue weighted by atomic mass is 10.1. The quantitative estimate of drug-likeness (QED) is 0.840. The van der Waals surface area contributed by atoms with E-state index in [2.05, 4.69) is 0 Å². The molecule has 1 aliphatic rings. The van der Waals surface area contributed by atoms with Crippen LogP contribution in [0.4, 0.5) is 0 Å². The minimum atomic E-state index is -3.04. The van der Waals surface area contributed by atoms with Crippen LogP contribution in [0.2, 0.25) is 5.02 Å². The minimum Gasteiger partial charge on any atom is -0.377 e. The van der Waals surface area contributed by atoms with E-state index >= 15 is 0 Å². The summed E-state index contributed by atoms with van der Waals surface area (Å²) in [6.07, 6.45) is 1.87. The summed E-state index contributed by atoms with van der Waals surface area (Å²) >= 11 is 5.81. The molecule has 0 amide bonds. The van der Waals surface area contributed by atoms with Crippen molar-refractivity contribution in [1.29, 1.82) is 0 Å². The fourth-order valence-electron chi connectivity index (χ4n) is 2.46. The van der Waals surface area contributed by atoms with E-state index in [4.69, 9.17) is 16.3 Å². The topological polar surface area (TPSA) is 43.4 Å². The summed E-state index contributed by atoms with van der Waals surface area (Å²) in [5.74, 6) is 0.230. The van der Waals surface area contributed by atoms with Crippen molar-refractivity contribution in [2.75, 3.05) is 12.4 Å². The number of sulfone groups is 1. The first kappa shape index (κ1) is 14.8. The second-order valence-corrected chi connectivity index (χ2v) is 7.78. The zero-order chi connectivity index (χ0) is 13.9. The number of rotatable bonds is 5. The zero-order valence-corrected chi connectivity index (χ0v) is 12.6. The molecule has 0 aromatic heterocycles. The SMILES string of the molecule is C[C@@H]1OCC[C@@H]1S(=O)(=O)CCCc1ccc(Cl)cc1. The molecule has 2 atom stereocenters. The van der Waals surface area contributed by atoms with Gasteiger partial charge < -0.3 is 4.74 Å². The molecule has 2 rings (SSSR count). The molecule has 1 aliphatic heterocycles. The van der Waals surface area contributed by atoms with Gasteiger partial charge in [-0.3, -0.25) is 0 Å². The number of ether oxygens (including phenoxy) is 1. The smallest absolute Gasteiger partial charge is 0.155 e. The molecule has 106 valence electrons. The molecule has 0 bridgehead atoms. The number of aryl methyl sites for hydroxylation is 1. The molecule has 0 radical (unpaired) electrons. The molecule has 0 N–H and O–H groups in total. The van der Waals surface area contributed by atoms with E-state index in [-0.39, 0.29) is 17.1 Å². The summed E-state index contributed by atoms with van der Waals surface area (Å²) in [5.41, 5.74) is 1.12. The number of hydrogen-bond acceptors (Lipinski definition) is 3. The first-order valence-electron chi connectivity index (χ1n) is 6.56. The second kappa shape index (κ2) is 6.25. The molecule has 1 heterocycles. The third-order valence-corrected chi connectivity index (χ3v) is 6.23. The summed E-state index contributed by atoms with van der Waals surface area (Å²) < 4.78 is 29.7. The zero-order valence-electron chi connectivity index (χ0n) is 11.0. The Morgan fingerprint density at radius 1 is 1.32 bits per heavy atom. The van der Waals surface area contributed by atoms with Crippen LogP contribution in [-0.2, 0) is 21.0 Å². The molecule has 0 spiro atoms. The van der Waals surface area contributed by atoms with Crippen molar-refractivity contribution < 1.29 is 13.2 Å². The Kier molecular flexibility index (Phi) is 4.87. The van der Waals surface area contributed by atoms with Crippen molar-refractivity contribution >= 4 is 21.4 Å². The first-order chi connectivity index (χ1) is 8.99. The molecular weight excluding hydrogens is 284 g/mol. The third kappa shape index (κ3) is 3.94. The van der Waals surface area contributed by atoms with Gasteiger partial charge in [-0.2, -0.15) is 0 Å². The van der Waals surface area contributed by atoms with Crippen LogP contribution in [0, 0.1) is 0 Å². The van der Waals surface area contributed by atoms with Gasteiger partial charge in [-0.05, 0) is 43.9 Å². The third-order valence-electron chi connectivity index (χ3n) is 3.58. The largest absolute Gasteiger partial charge is 0.377 e. The highest BCUT2D eigenvalue weighted by atomic mass is 35.5. The van der Waals surface area contributed by atoms with Crippen LogP contribution in [0.15, 0.2) is 24.3 Å². The standard InChI is InChI=1S/C14H19ClO3S/c1-11-14(8-9-18-11)19(16,17)10-2-3-12-4-6-13(15)7-5-12/h4-7,11,14H,2-3,8-10H2,1H3/t11-,14-/m0/s1. The van der Waals surface area contributed by atoms with Gasteiger partial charge in [-0.1, -0.05) is 23.7 Å². The van der Waals surface area contributed by atoms with Crippen molar-refractivity contribution in [3.05, 3.63) is 34.9 Å². The van der Waals surface area contributed by atoms with Gasteiger partial charge in [0, 0.05) is 11.6 Å². The van der Waals surface area contributed by atoms with E-state index in [1.54, 1.807) is 0 Å². The van der Waals surface area contributed by atoms with Gasteiger partial charge in [-0.25, -0.2) is 8.42 Å². The maximum Gasteiger partial charge on any atom is 0.155 e. The van der Waals surface area contributed by atoms with Crippen LogP contribution >= 0.6 is 11.6 Å². The fourth-order valence-corrected chi connectivity index (χ4v) is 4.56. The molecule has 3 nitrogen and oxygen atoms in total. The van der Waals surface area contributed by atoms with Gasteiger partial charge in [0.05, 0.1) is 17.1 Å². The average molecular weight is 303 g/mol. The molecule has 0 saturated carbocycles. The summed E-state index contributed by atoms with van der Waals surface area (Å²) in [7, 11) is -3.04. The van der Waals surface area contributed by atoms with Gasteiger partial charge in [-0.15, -0.1) is 0 Å². The second-order valence-electron chi connectivity index (χ2n) is 5.00. The van der Waals surface area contributed by atoms with E-state index < -0.39 is 9.84 Å². The lowest BCUT2D eigenvalue weighted by molar-refractivity contribution is 0.126. The van der Waals surface area contributed by atoms with Crippen molar-refractivity contribution in [1.82, 2.24) is 0 Å². The predicted octanol–water partition coefficient (Wildman–Crippen LogP) is 2.86. The Balaban J connectivity index is 1.86. The van der Waals surface area contributed by atoms with Gasteiger partial charge in [0.2, 0.25) is 0 Å². The van der Waals surface area contributed by atoms with E-state index in [1.165, 1.54) is 0 Å². The minimum absolute atomic E-state index is 0.166. The van der Waals surface area contributed by atoms with Crippen molar-refractivity contribution in [3.63, 3.8) is 0 Å². The van der Waals surface area contributed by atoms with Gasteiger partial charge in [0.25, 0.3) is 0 Å². The van der Waals surface area contributed by atoms with Gasteiger partial charge >= 0.3 is 0 Å². The molecule has 19 heavy (non-hydrogen) atoms. The van der Waals surface area contributed by atoms with Crippen LogP contribution < -0.4 is 0 Å². The maximum absolute atomic E-state index is 12.2. The average Bonchev–Trinajstić information content (AvgIpc) is 2.79. The molecule has 1 aromatic carbocycles. The van der Waals surface area contributed by atoms with Crippen molar-refractivity contribution in [2.45, 2.75) is 37.5 Å². The lowest BCUT2D eigenvalue weighted by Gasteiger charge is -2.14. The first-order valence-corrected chi connectivity index (χ1v) is 8.66. The molecule has 1 aromatic rings. The molecule has 0 unspecified atom stereocenters. The fraction of sp³-hybridized carbons (Fsp3) is 0.571. The normalized spacial score (nSPS) is 23.7. The van der Waals surface area contributed by atoms with Crippen LogP contribution in [0.5, 0.6) is 0 Å². The molecule has 5 heteroatoms. The monoisotopic (exact) mass is 302 g/mol. The summed E-state index contributed by atoms with van der Waals surface area (Å²) in [5, 5.41) is 0.381. The molecular formula is C14H19ClO3S. The molecule has 0 aliphatic carbocycles. The van der Waals surface area contributed by atoms with Crippen LogP contribution in [0.3, 0.4) is 0 Å². The Bertz CT molecular complexity index is 510. The highest BCUT2D eigenvalue weighted by molar-refractivity contribution is 7.92. The molecule has 1 fully saturated rings. The maximum atomic E-state index is 12.2. The van der Waals surface area contributed by atoms with Crippen molar-refractivity contribution in [3.8, 4) is 0 Å². The Hall–Kier alpha value is -0.580. The summed E-state index contributed by atoms with van der Waals surface area (Å²) in [6.45, 7) is 2.40. The summed E-state index contributed by atoms with van der Waals surface area (Å²) in [6, 6.07) is 7.54. The Morgan fingerprint density at radius 2 is 2.00 bits per heavy atom. The Labute approximate surface area is 119 Å². The lowest BCUT2D eigenvalue weighted by Crippen LogP contribution is -2.30. The van der Waals surface area contributed by atoms with Crippen LogP contribution in [0.25, 0.3) is 0 Å². The van der Waals surface area contributed by atoms with E-state index in [0.717, 1.165) is 12.0 Å². The van der Waals surface area contributed by atoms with Gasteiger partial charge in [0.1, 0.15) is 0 Å². The highest BCUT2D eigenvalue weighted by Crippen LogP contribution is 2.22. The highest BCUT2D eigenvalue weighted by Gasteiger charge is 2.35. The van der Waals surface area contributed by atoms with E-state index in [9.17, 15) is 8.42 Å². The summed E-state index contributed by atoms with van der Waals surface area (Å²) in [4.78, 5) is 0. The van der Waals surface area contributed by atoms with E-state index in [1.807, 2.05) is 31.2 Å². The van der Waals surface area contributed by atoms with Crippen molar-refractivity contribution in [2.24, 2.45) is 0 Å². The predicted molar refractivity (Wildman–Crippen MR) is 77.4 cm³/mol. The van der Waals surface area contributed by atoms with Crippen LogP contribution in [0.1, 0.15) is 25.3 Å². The van der Waals surface area contributed by atoms with Crippen LogP contribution in [-0.4, -0.2) is 32.1 Å². The number of halogens is 1. The number of benzene rings is 1. The van der Waals surface area contributed by atoms with E-state index in [0.29, 0.717) is 24.5 Å². The van der Waals surface area contributed by atoms with Gasteiger partial charge in [0.15, 0.2) is 9.84 Å². The Morgan fingerprint density at radius 3 is 2.58 bits per heavy atom. The molecule has 1 saturated heterocycles.